The summed E-state index contributed by atoms with van der Waals surface area (Å²) < 4.78 is 5.35. The van der Waals surface area contributed by atoms with E-state index < -0.39 is 0 Å². The minimum atomic E-state index is -0.330. The molecule has 1 atom stereocenters. The number of hydrogen-bond acceptors (Lipinski definition) is 3. The lowest BCUT2D eigenvalue weighted by atomic mass is 9.97. The van der Waals surface area contributed by atoms with Crippen LogP contribution in [-0.4, -0.2) is 29.8 Å². The zero-order chi connectivity index (χ0) is 13.8. The number of likely N-dealkylation sites (tertiary alicyclic amines) is 1. The van der Waals surface area contributed by atoms with Crippen molar-refractivity contribution in [3.05, 3.63) is 29.7 Å². The Morgan fingerprint density at radius 2 is 2.26 bits per heavy atom. The Morgan fingerprint density at radius 1 is 1.47 bits per heavy atom. The molecule has 2 N–H and O–H groups in total. The first-order valence-corrected chi connectivity index (χ1v) is 6.39. The molecule has 0 bridgehead atoms. The van der Waals surface area contributed by atoms with Crippen LogP contribution in [-0.2, 0) is 9.59 Å². The van der Waals surface area contributed by atoms with Crippen molar-refractivity contribution in [1.29, 1.82) is 0 Å². The van der Waals surface area contributed by atoms with E-state index in [1.807, 2.05) is 19.1 Å². The molecule has 0 aliphatic carbocycles. The van der Waals surface area contributed by atoms with E-state index in [-0.39, 0.29) is 17.7 Å². The van der Waals surface area contributed by atoms with E-state index in [0.29, 0.717) is 18.8 Å². The number of piperidine rings is 1. The fourth-order valence-electron chi connectivity index (χ4n) is 2.21. The molecule has 1 fully saturated rings. The summed E-state index contributed by atoms with van der Waals surface area (Å²) in [7, 11) is 0. The summed E-state index contributed by atoms with van der Waals surface area (Å²) in [5.41, 5.74) is 5.29. The summed E-state index contributed by atoms with van der Waals surface area (Å²) in [5, 5.41) is 0. The average molecular weight is 262 g/mol. The summed E-state index contributed by atoms with van der Waals surface area (Å²) in [6.07, 6.45) is 4.69. The average Bonchev–Trinajstić information content (AvgIpc) is 2.82. The highest BCUT2D eigenvalue weighted by Crippen LogP contribution is 2.16. The van der Waals surface area contributed by atoms with Gasteiger partial charge in [0.05, 0.1) is 5.92 Å². The number of furan rings is 1. The number of nitrogens with zero attached hydrogens (tertiary/aromatic N) is 1. The number of hydrogen-bond donors (Lipinski definition) is 1. The molecule has 1 aliphatic heterocycles. The van der Waals surface area contributed by atoms with Crippen molar-refractivity contribution in [2.45, 2.75) is 19.8 Å². The van der Waals surface area contributed by atoms with Crippen LogP contribution in [0.1, 0.15) is 24.4 Å². The van der Waals surface area contributed by atoms with Crippen LogP contribution in [0, 0.1) is 12.8 Å². The molecule has 102 valence electrons. The van der Waals surface area contributed by atoms with E-state index >= 15 is 0 Å². The zero-order valence-corrected chi connectivity index (χ0v) is 11.0. The van der Waals surface area contributed by atoms with Crippen molar-refractivity contribution in [3.63, 3.8) is 0 Å². The summed E-state index contributed by atoms with van der Waals surface area (Å²) in [5.74, 6) is 0.785. The van der Waals surface area contributed by atoms with Gasteiger partial charge in [-0.3, -0.25) is 9.59 Å². The molecule has 2 rings (SSSR count). The lowest BCUT2D eigenvalue weighted by molar-refractivity contribution is -0.130. The number of primary amides is 1. The van der Waals surface area contributed by atoms with Gasteiger partial charge < -0.3 is 15.1 Å². The van der Waals surface area contributed by atoms with E-state index in [4.69, 9.17) is 10.2 Å². The maximum absolute atomic E-state index is 12.0. The van der Waals surface area contributed by atoms with Gasteiger partial charge >= 0.3 is 0 Å². The minimum absolute atomic E-state index is 0.111. The predicted molar refractivity (Wildman–Crippen MR) is 71.0 cm³/mol. The Kier molecular flexibility index (Phi) is 4.04. The molecule has 1 saturated heterocycles. The van der Waals surface area contributed by atoms with E-state index in [0.717, 1.165) is 18.6 Å². The van der Waals surface area contributed by atoms with Gasteiger partial charge in [0, 0.05) is 19.2 Å². The van der Waals surface area contributed by atoms with Gasteiger partial charge in [-0.1, -0.05) is 0 Å². The minimum Gasteiger partial charge on any atom is -0.462 e. The number of aryl methyl sites for hydroxylation is 1. The second kappa shape index (κ2) is 5.73. The summed E-state index contributed by atoms with van der Waals surface area (Å²) in [6, 6.07) is 3.65. The Balaban J connectivity index is 1.96. The molecule has 1 aromatic heterocycles. The van der Waals surface area contributed by atoms with Crippen LogP contribution in [0.2, 0.25) is 0 Å². The SMILES string of the molecule is Cc1ccc(/C=C/C(=O)N2CCCC(C(N)=O)C2)o1. The van der Waals surface area contributed by atoms with Gasteiger partial charge in [0.25, 0.3) is 0 Å². The van der Waals surface area contributed by atoms with Crippen molar-refractivity contribution in [3.8, 4) is 0 Å². The van der Waals surface area contributed by atoms with Gasteiger partial charge in [0.15, 0.2) is 0 Å². The van der Waals surface area contributed by atoms with Crippen molar-refractivity contribution < 1.29 is 14.0 Å². The maximum Gasteiger partial charge on any atom is 0.246 e. The highest BCUT2D eigenvalue weighted by atomic mass is 16.3. The molecule has 2 heterocycles. The van der Waals surface area contributed by atoms with Crippen LogP contribution in [0.25, 0.3) is 6.08 Å². The normalized spacial score (nSPS) is 19.8. The van der Waals surface area contributed by atoms with Crippen LogP contribution in [0.4, 0.5) is 0 Å². The fraction of sp³-hybridized carbons (Fsp3) is 0.429. The molecule has 1 unspecified atom stereocenters. The van der Waals surface area contributed by atoms with Crippen LogP contribution >= 0.6 is 0 Å². The molecule has 19 heavy (non-hydrogen) atoms. The molecule has 5 nitrogen and oxygen atoms in total. The van der Waals surface area contributed by atoms with E-state index in [1.165, 1.54) is 6.08 Å². The highest BCUT2D eigenvalue weighted by molar-refractivity contribution is 5.92. The quantitative estimate of drug-likeness (QED) is 0.835. The van der Waals surface area contributed by atoms with Crippen LogP contribution in [0.3, 0.4) is 0 Å². The second-order valence-electron chi connectivity index (χ2n) is 4.81. The van der Waals surface area contributed by atoms with Crippen LogP contribution in [0.5, 0.6) is 0 Å². The molecule has 0 radical (unpaired) electrons. The largest absolute Gasteiger partial charge is 0.462 e. The lowest BCUT2D eigenvalue weighted by Gasteiger charge is -2.30. The second-order valence-corrected chi connectivity index (χ2v) is 4.81. The number of nitrogens with two attached hydrogens (primary N) is 1. The van der Waals surface area contributed by atoms with Gasteiger partial charge in [-0.05, 0) is 38.0 Å². The lowest BCUT2D eigenvalue weighted by Crippen LogP contribution is -2.43. The Labute approximate surface area is 112 Å². The van der Waals surface area contributed by atoms with E-state index in [2.05, 4.69) is 0 Å². The van der Waals surface area contributed by atoms with E-state index in [9.17, 15) is 9.59 Å². The van der Waals surface area contributed by atoms with E-state index in [1.54, 1.807) is 11.0 Å². The van der Waals surface area contributed by atoms with Crippen LogP contribution in [0.15, 0.2) is 22.6 Å². The summed E-state index contributed by atoms with van der Waals surface area (Å²) in [6.45, 7) is 2.93. The number of rotatable bonds is 3. The number of carbonyl (C=O) groups is 2. The first kappa shape index (κ1) is 13.4. The zero-order valence-electron chi connectivity index (χ0n) is 11.0. The molecular weight excluding hydrogens is 244 g/mol. The molecular formula is C14H18N2O3. The standard InChI is InChI=1S/C14H18N2O3/c1-10-4-5-12(19-10)6-7-13(17)16-8-2-3-11(9-16)14(15)18/h4-7,11H,2-3,8-9H2,1H3,(H2,15,18)/b7-6+. The Morgan fingerprint density at radius 3 is 2.89 bits per heavy atom. The summed E-state index contributed by atoms with van der Waals surface area (Å²) in [4.78, 5) is 24.8. The third-order valence-electron chi connectivity index (χ3n) is 3.29. The molecule has 0 aromatic carbocycles. The maximum atomic E-state index is 12.0. The van der Waals surface area contributed by atoms with Gasteiger partial charge in [0.2, 0.25) is 11.8 Å². The number of amides is 2. The summed E-state index contributed by atoms with van der Waals surface area (Å²) >= 11 is 0. The van der Waals surface area contributed by atoms with Crippen molar-refractivity contribution in [2.24, 2.45) is 11.7 Å². The van der Waals surface area contributed by atoms with Gasteiger partial charge in [-0.15, -0.1) is 0 Å². The van der Waals surface area contributed by atoms with Crippen LogP contribution < -0.4 is 5.73 Å². The topological polar surface area (TPSA) is 76.5 Å². The molecule has 2 amide bonds. The molecule has 5 heteroatoms. The van der Waals surface area contributed by atoms with Crippen molar-refractivity contribution in [1.82, 2.24) is 4.90 Å². The molecule has 1 aromatic rings. The van der Waals surface area contributed by atoms with Gasteiger partial charge in [-0.2, -0.15) is 0 Å². The monoisotopic (exact) mass is 262 g/mol. The smallest absolute Gasteiger partial charge is 0.246 e. The predicted octanol–water partition coefficient (Wildman–Crippen LogP) is 1.33. The first-order valence-electron chi connectivity index (χ1n) is 6.39. The number of carbonyl (C=O) groups excluding carboxylic acids is 2. The third-order valence-corrected chi connectivity index (χ3v) is 3.29. The Bertz CT molecular complexity index is 505. The molecule has 0 spiro atoms. The molecule has 0 saturated carbocycles. The Hall–Kier alpha value is -2.04. The third kappa shape index (κ3) is 3.47. The van der Waals surface area contributed by atoms with Crippen molar-refractivity contribution in [2.75, 3.05) is 13.1 Å². The van der Waals surface area contributed by atoms with Gasteiger partial charge in [0.1, 0.15) is 11.5 Å². The fourth-order valence-corrected chi connectivity index (χ4v) is 2.21. The first-order chi connectivity index (χ1) is 9.06. The highest BCUT2D eigenvalue weighted by Gasteiger charge is 2.25. The molecule has 1 aliphatic rings. The van der Waals surface area contributed by atoms with Crippen molar-refractivity contribution >= 4 is 17.9 Å². The van der Waals surface area contributed by atoms with Gasteiger partial charge in [-0.25, -0.2) is 0 Å².